The Morgan fingerprint density at radius 1 is 1.17 bits per heavy atom. The second-order valence-corrected chi connectivity index (χ2v) is 7.78. The minimum Gasteiger partial charge on any atom is -0.507 e. The quantitative estimate of drug-likeness (QED) is 0.285. The van der Waals surface area contributed by atoms with Gasteiger partial charge in [0.15, 0.2) is 0 Å². The fraction of sp³-hybridized carbons (Fsp3) is 0.120. The van der Waals surface area contributed by atoms with E-state index in [9.17, 15) is 14.3 Å². The molecule has 3 aromatic heterocycles. The first-order valence-corrected chi connectivity index (χ1v) is 10.8. The molecule has 0 spiro atoms. The largest absolute Gasteiger partial charge is 0.507 e. The number of nitrogens with zero attached hydrogens (tertiary/aromatic N) is 3. The molecule has 0 aliphatic rings. The lowest BCUT2D eigenvalue weighted by molar-refractivity contribution is 0.0950. The highest BCUT2D eigenvalue weighted by Gasteiger charge is 2.19. The predicted molar refractivity (Wildman–Crippen MR) is 128 cm³/mol. The minimum atomic E-state index is -0.676. The van der Waals surface area contributed by atoms with Gasteiger partial charge in [-0.2, -0.15) is 0 Å². The first-order chi connectivity index (χ1) is 17.0. The number of para-hydroxylation sites is 1. The van der Waals surface area contributed by atoms with E-state index in [0.29, 0.717) is 52.4 Å². The Morgan fingerprint density at radius 3 is 2.80 bits per heavy atom. The highest BCUT2D eigenvalue weighted by Crippen LogP contribution is 2.40. The maximum Gasteiger partial charge on any atom is 0.254 e. The molecule has 0 aliphatic carbocycles. The molecular formula is C25H21FN6O3. The van der Waals surface area contributed by atoms with Crippen LogP contribution in [-0.4, -0.2) is 49.6 Å². The number of phenols is 1. The van der Waals surface area contributed by atoms with Gasteiger partial charge in [-0.3, -0.25) is 4.79 Å². The summed E-state index contributed by atoms with van der Waals surface area (Å²) in [6, 6.07) is 11.3. The number of halogens is 1. The van der Waals surface area contributed by atoms with Crippen molar-refractivity contribution in [3.63, 3.8) is 0 Å². The number of aromatic amines is 2. The summed E-state index contributed by atoms with van der Waals surface area (Å²) in [7, 11) is 1.51. The van der Waals surface area contributed by atoms with Crippen molar-refractivity contribution in [2.75, 3.05) is 13.7 Å². The fourth-order valence-corrected chi connectivity index (χ4v) is 3.87. The van der Waals surface area contributed by atoms with Crippen LogP contribution >= 0.6 is 0 Å². The third-order valence-corrected chi connectivity index (χ3v) is 5.60. The number of hydrogen-bond acceptors (Lipinski definition) is 6. The Bertz CT molecular complexity index is 1510. The zero-order valence-corrected chi connectivity index (χ0v) is 18.7. The van der Waals surface area contributed by atoms with E-state index in [1.54, 1.807) is 49.1 Å². The van der Waals surface area contributed by atoms with Crippen LogP contribution in [0.5, 0.6) is 11.6 Å². The van der Waals surface area contributed by atoms with Gasteiger partial charge in [0.25, 0.3) is 5.91 Å². The average molecular weight is 472 g/mol. The standard InChI is InChI=1S/C25H21FN6O3/c1-35-25-16(6-3-8-29-25)15-4-2-5-17(22(15)33)23-31-20-10-18(19(26)11-21(20)32-23)24(34)28-9-7-14-12-27-13-30-14/h2-6,8,10-13,33H,7,9H2,1H3,(H,27,30)(H,28,34)(H,31,32). The number of carbonyl (C=O) groups is 1. The Balaban J connectivity index is 1.45. The first kappa shape index (κ1) is 22.1. The van der Waals surface area contributed by atoms with E-state index in [-0.39, 0.29) is 11.3 Å². The number of methoxy groups -OCH3 is 1. The number of rotatable bonds is 7. The van der Waals surface area contributed by atoms with Crippen molar-refractivity contribution in [1.29, 1.82) is 0 Å². The van der Waals surface area contributed by atoms with Crippen molar-refractivity contribution in [2.45, 2.75) is 6.42 Å². The van der Waals surface area contributed by atoms with Gasteiger partial charge in [-0.1, -0.05) is 12.1 Å². The van der Waals surface area contributed by atoms with Gasteiger partial charge >= 0.3 is 0 Å². The normalized spacial score (nSPS) is 11.0. The summed E-state index contributed by atoms with van der Waals surface area (Å²) in [6.07, 6.45) is 5.36. The number of aromatic hydroxyl groups is 1. The van der Waals surface area contributed by atoms with Gasteiger partial charge in [0.05, 0.1) is 35.6 Å². The molecule has 0 radical (unpaired) electrons. The second kappa shape index (κ2) is 9.26. The molecule has 0 bridgehead atoms. The molecule has 1 amide bonds. The third-order valence-electron chi connectivity index (χ3n) is 5.60. The summed E-state index contributed by atoms with van der Waals surface area (Å²) >= 11 is 0. The van der Waals surface area contributed by atoms with Gasteiger partial charge in [0, 0.05) is 48.2 Å². The summed E-state index contributed by atoms with van der Waals surface area (Å²) in [5.41, 5.74) is 3.08. The molecule has 0 aliphatic heterocycles. The molecule has 176 valence electrons. The second-order valence-electron chi connectivity index (χ2n) is 7.78. The number of carbonyl (C=O) groups excluding carboxylic acids is 1. The van der Waals surface area contributed by atoms with Gasteiger partial charge in [-0.15, -0.1) is 0 Å². The van der Waals surface area contributed by atoms with Gasteiger partial charge in [-0.25, -0.2) is 19.3 Å². The fourth-order valence-electron chi connectivity index (χ4n) is 3.87. The number of ether oxygens (including phenoxy) is 1. The number of imidazole rings is 2. The lowest BCUT2D eigenvalue weighted by Crippen LogP contribution is -2.26. The van der Waals surface area contributed by atoms with Crippen molar-refractivity contribution < 1.29 is 19.0 Å². The SMILES string of the molecule is COc1ncccc1-c1cccc(-c2nc3cc(C(=O)NCCc4cnc[nH]4)c(F)cc3[nH]2)c1O. The van der Waals surface area contributed by atoms with Crippen LogP contribution in [0.3, 0.4) is 0 Å². The van der Waals surface area contributed by atoms with Crippen LogP contribution in [0, 0.1) is 5.82 Å². The number of benzene rings is 2. The highest BCUT2D eigenvalue weighted by atomic mass is 19.1. The molecule has 0 atom stereocenters. The Labute approximate surface area is 199 Å². The molecule has 4 N–H and O–H groups in total. The lowest BCUT2D eigenvalue weighted by atomic mass is 10.0. The van der Waals surface area contributed by atoms with Crippen molar-refractivity contribution in [1.82, 2.24) is 30.2 Å². The number of nitrogens with one attached hydrogen (secondary N) is 3. The van der Waals surface area contributed by atoms with E-state index in [1.807, 2.05) is 0 Å². The van der Waals surface area contributed by atoms with Crippen LogP contribution < -0.4 is 10.1 Å². The molecule has 0 saturated heterocycles. The smallest absolute Gasteiger partial charge is 0.254 e. The summed E-state index contributed by atoms with van der Waals surface area (Å²) in [5, 5.41) is 13.7. The van der Waals surface area contributed by atoms with Crippen LogP contribution in [0.15, 0.2) is 61.2 Å². The van der Waals surface area contributed by atoms with Crippen LogP contribution in [0.25, 0.3) is 33.5 Å². The molecule has 2 aromatic carbocycles. The number of fused-ring (bicyclic) bond motifs is 1. The molecule has 35 heavy (non-hydrogen) atoms. The zero-order chi connectivity index (χ0) is 24.4. The maximum absolute atomic E-state index is 14.7. The first-order valence-electron chi connectivity index (χ1n) is 10.8. The number of aromatic nitrogens is 5. The molecule has 5 rings (SSSR count). The lowest BCUT2D eigenvalue weighted by Gasteiger charge is -2.11. The maximum atomic E-state index is 14.7. The number of phenolic OH excluding ortho intramolecular Hbond substituents is 1. The number of pyridine rings is 1. The molecule has 3 heterocycles. The van der Waals surface area contributed by atoms with E-state index in [2.05, 4.69) is 30.2 Å². The number of H-pyrrole nitrogens is 2. The Hall–Kier alpha value is -4.73. The number of amides is 1. The summed E-state index contributed by atoms with van der Waals surface area (Å²) < 4.78 is 20.1. The van der Waals surface area contributed by atoms with Gasteiger partial charge < -0.3 is 25.1 Å². The zero-order valence-electron chi connectivity index (χ0n) is 18.7. The summed E-state index contributed by atoms with van der Waals surface area (Å²) in [6.45, 7) is 0.322. The van der Waals surface area contributed by atoms with Gasteiger partial charge in [0.2, 0.25) is 5.88 Å². The molecule has 9 nitrogen and oxygen atoms in total. The van der Waals surface area contributed by atoms with Crippen LogP contribution in [0.4, 0.5) is 4.39 Å². The molecular weight excluding hydrogens is 451 g/mol. The van der Waals surface area contributed by atoms with Crippen molar-refractivity contribution in [3.05, 3.63) is 78.3 Å². The van der Waals surface area contributed by atoms with Crippen molar-refractivity contribution >= 4 is 16.9 Å². The van der Waals surface area contributed by atoms with Crippen molar-refractivity contribution in [2.24, 2.45) is 0 Å². The van der Waals surface area contributed by atoms with E-state index < -0.39 is 11.7 Å². The molecule has 0 saturated carbocycles. The third kappa shape index (κ3) is 4.29. The highest BCUT2D eigenvalue weighted by molar-refractivity contribution is 5.98. The van der Waals surface area contributed by atoms with Gasteiger partial charge in [-0.05, 0) is 24.3 Å². The molecule has 5 aromatic rings. The van der Waals surface area contributed by atoms with E-state index in [1.165, 1.54) is 19.2 Å². The van der Waals surface area contributed by atoms with Crippen molar-refractivity contribution in [3.8, 4) is 34.1 Å². The van der Waals surface area contributed by atoms with E-state index >= 15 is 0 Å². The molecule has 10 heteroatoms. The summed E-state index contributed by atoms with van der Waals surface area (Å²) in [5.74, 6) is -0.546. The van der Waals surface area contributed by atoms with E-state index in [0.717, 1.165) is 5.69 Å². The van der Waals surface area contributed by atoms with Crippen LogP contribution in [0.1, 0.15) is 16.1 Å². The average Bonchev–Trinajstić information content (AvgIpc) is 3.53. The molecule has 0 unspecified atom stereocenters. The Morgan fingerprint density at radius 2 is 2.00 bits per heavy atom. The minimum absolute atomic E-state index is 0.0323. The topological polar surface area (TPSA) is 129 Å². The van der Waals surface area contributed by atoms with Crippen LogP contribution in [-0.2, 0) is 6.42 Å². The summed E-state index contributed by atoms with van der Waals surface area (Å²) in [4.78, 5) is 31.1. The monoisotopic (exact) mass is 472 g/mol. The number of hydrogen-bond donors (Lipinski definition) is 4. The predicted octanol–water partition coefficient (Wildman–Crippen LogP) is 3.84. The molecule has 0 fully saturated rings. The van der Waals surface area contributed by atoms with E-state index in [4.69, 9.17) is 4.74 Å². The van der Waals surface area contributed by atoms with Crippen LogP contribution in [0.2, 0.25) is 0 Å². The Kier molecular flexibility index (Phi) is 5.84. The van der Waals surface area contributed by atoms with Gasteiger partial charge in [0.1, 0.15) is 17.4 Å².